The third kappa shape index (κ3) is 1.95. The number of hydrogen-bond acceptors (Lipinski definition) is 7. The molecule has 0 spiro atoms. The van der Waals surface area contributed by atoms with Crippen LogP contribution in [0.3, 0.4) is 0 Å². The largest absolute Gasteiger partial charge is 0.417 e. The van der Waals surface area contributed by atoms with Crippen LogP contribution in [-0.2, 0) is 19.1 Å². The maximum absolute atomic E-state index is 12.4. The molecule has 1 aromatic rings. The molecular formula is C16H11N3O5. The van der Waals surface area contributed by atoms with Gasteiger partial charge < -0.3 is 14.4 Å². The van der Waals surface area contributed by atoms with Gasteiger partial charge in [0.15, 0.2) is 0 Å². The molecule has 2 atom stereocenters. The predicted molar refractivity (Wildman–Crippen MR) is 76.3 cm³/mol. The molecule has 1 fully saturated rings. The van der Waals surface area contributed by atoms with E-state index < -0.39 is 18.2 Å². The minimum absolute atomic E-state index is 0.0481. The van der Waals surface area contributed by atoms with Gasteiger partial charge in [0.2, 0.25) is 5.91 Å². The number of carbonyl (C=O) groups is 3. The summed E-state index contributed by atoms with van der Waals surface area (Å²) in [6.07, 6.45) is 0.222. The number of amides is 1. The van der Waals surface area contributed by atoms with Crippen LogP contribution in [0.15, 0.2) is 36.2 Å². The van der Waals surface area contributed by atoms with Gasteiger partial charge >= 0.3 is 11.9 Å². The average molecular weight is 325 g/mol. The second-order valence-corrected chi connectivity index (χ2v) is 5.52. The SMILES string of the molecule is N#CCN1C=C(C(=O)OC2OC(=O)c3ccccc32)N2C(=O)C[C@@H]12. The number of nitrogens with zero attached hydrogens (tertiary/aromatic N) is 3. The highest BCUT2D eigenvalue weighted by atomic mass is 16.7. The Labute approximate surface area is 136 Å². The van der Waals surface area contributed by atoms with E-state index in [1.54, 1.807) is 29.2 Å². The van der Waals surface area contributed by atoms with E-state index in [-0.39, 0.29) is 30.7 Å². The van der Waals surface area contributed by atoms with Gasteiger partial charge in [0.1, 0.15) is 18.4 Å². The fourth-order valence-electron chi connectivity index (χ4n) is 3.01. The van der Waals surface area contributed by atoms with Gasteiger partial charge in [0, 0.05) is 11.8 Å². The average Bonchev–Trinajstić information content (AvgIpc) is 3.03. The molecule has 1 amide bonds. The molecule has 8 nitrogen and oxygen atoms in total. The van der Waals surface area contributed by atoms with Gasteiger partial charge in [0.25, 0.3) is 6.29 Å². The molecule has 1 aromatic carbocycles. The number of esters is 2. The number of fused-ring (bicyclic) bond motifs is 2. The number of benzene rings is 1. The lowest BCUT2D eigenvalue weighted by Crippen LogP contribution is -2.55. The van der Waals surface area contributed by atoms with Gasteiger partial charge in [-0.1, -0.05) is 18.2 Å². The molecule has 3 aliphatic rings. The number of carbonyl (C=O) groups excluding carboxylic acids is 3. The first-order chi connectivity index (χ1) is 11.6. The van der Waals surface area contributed by atoms with Crippen molar-refractivity contribution < 1.29 is 23.9 Å². The molecule has 4 rings (SSSR count). The zero-order valence-corrected chi connectivity index (χ0v) is 12.3. The number of hydrogen-bond donors (Lipinski definition) is 0. The Hall–Kier alpha value is -3.34. The minimum atomic E-state index is -1.14. The topological polar surface area (TPSA) is 99.9 Å². The second kappa shape index (κ2) is 5.09. The third-order valence-corrected chi connectivity index (χ3v) is 4.18. The third-order valence-electron chi connectivity index (χ3n) is 4.18. The summed E-state index contributed by atoms with van der Waals surface area (Å²) < 4.78 is 10.3. The summed E-state index contributed by atoms with van der Waals surface area (Å²) in [4.78, 5) is 38.8. The standard InChI is InChI=1S/C16H11N3O5/c17-5-6-18-8-11(19-12(18)7-13(19)20)15(22)24-16-10-4-2-1-3-9(10)14(21)23-16/h1-4,8,12,16H,6-7H2/t12-,16?/m0/s1. The summed E-state index contributed by atoms with van der Waals surface area (Å²) in [6, 6.07) is 8.61. The summed E-state index contributed by atoms with van der Waals surface area (Å²) in [5, 5.41) is 8.82. The van der Waals surface area contributed by atoms with Crippen LogP contribution < -0.4 is 0 Å². The Morgan fingerprint density at radius 3 is 2.92 bits per heavy atom. The van der Waals surface area contributed by atoms with Crippen molar-refractivity contribution in [1.29, 1.82) is 5.26 Å². The van der Waals surface area contributed by atoms with Crippen molar-refractivity contribution in [2.45, 2.75) is 18.9 Å². The zero-order valence-electron chi connectivity index (χ0n) is 12.3. The molecule has 24 heavy (non-hydrogen) atoms. The molecule has 120 valence electrons. The Kier molecular flexibility index (Phi) is 3.03. The predicted octanol–water partition coefficient (Wildman–Crippen LogP) is 0.638. The molecule has 1 unspecified atom stereocenters. The molecule has 0 aromatic heterocycles. The van der Waals surface area contributed by atoms with Crippen LogP contribution in [0.2, 0.25) is 0 Å². The normalized spacial score (nSPS) is 23.7. The van der Waals surface area contributed by atoms with Crippen LogP contribution in [0.5, 0.6) is 0 Å². The van der Waals surface area contributed by atoms with E-state index in [4.69, 9.17) is 14.7 Å². The molecular weight excluding hydrogens is 314 g/mol. The number of β-lactam (4-membered cyclic amide) rings is 1. The van der Waals surface area contributed by atoms with Crippen LogP contribution >= 0.6 is 0 Å². The lowest BCUT2D eigenvalue weighted by atomic mass is 10.1. The molecule has 1 saturated heterocycles. The maximum Gasteiger partial charge on any atom is 0.359 e. The van der Waals surface area contributed by atoms with Crippen molar-refractivity contribution in [1.82, 2.24) is 9.80 Å². The fourth-order valence-corrected chi connectivity index (χ4v) is 3.01. The molecule has 0 aliphatic carbocycles. The van der Waals surface area contributed by atoms with Crippen molar-refractivity contribution >= 4 is 17.8 Å². The Morgan fingerprint density at radius 2 is 2.17 bits per heavy atom. The molecule has 0 bridgehead atoms. The van der Waals surface area contributed by atoms with Crippen LogP contribution in [-0.4, -0.2) is 40.4 Å². The summed E-state index contributed by atoms with van der Waals surface area (Å²) in [7, 11) is 0. The van der Waals surface area contributed by atoms with E-state index >= 15 is 0 Å². The van der Waals surface area contributed by atoms with E-state index in [1.807, 2.05) is 6.07 Å². The molecule has 3 aliphatic heterocycles. The van der Waals surface area contributed by atoms with E-state index in [9.17, 15) is 14.4 Å². The van der Waals surface area contributed by atoms with Gasteiger partial charge in [0.05, 0.1) is 18.1 Å². The van der Waals surface area contributed by atoms with Gasteiger partial charge in [-0.2, -0.15) is 5.26 Å². The first kappa shape index (κ1) is 14.3. The van der Waals surface area contributed by atoms with Crippen molar-refractivity contribution in [2.24, 2.45) is 0 Å². The van der Waals surface area contributed by atoms with Crippen molar-refractivity contribution in [2.75, 3.05) is 6.54 Å². The lowest BCUT2D eigenvalue weighted by Gasteiger charge is -2.39. The van der Waals surface area contributed by atoms with Gasteiger partial charge in [-0.05, 0) is 6.07 Å². The van der Waals surface area contributed by atoms with Crippen molar-refractivity contribution in [3.05, 3.63) is 47.3 Å². The smallest absolute Gasteiger partial charge is 0.359 e. The molecule has 0 N–H and O–H groups in total. The first-order valence-corrected chi connectivity index (χ1v) is 7.27. The van der Waals surface area contributed by atoms with Gasteiger partial charge in [-0.15, -0.1) is 0 Å². The van der Waals surface area contributed by atoms with E-state index in [2.05, 4.69) is 0 Å². The van der Waals surface area contributed by atoms with Crippen molar-refractivity contribution in [3.63, 3.8) is 0 Å². The highest BCUT2D eigenvalue weighted by molar-refractivity contribution is 5.99. The van der Waals surface area contributed by atoms with Crippen LogP contribution in [0, 0.1) is 11.3 Å². The Bertz CT molecular complexity index is 840. The van der Waals surface area contributed by atoms with Crippen LogP contribution in [0.1, 0.15) is 28.6 Å². The summed E-state index contributed by atoms with van der Waals surface area (Å²) in [5.41, 5.74) is 0.862. The van der Waals surface area contributed by atoms with Crippen LogP contribution in [0.4, 0.5) is 0 Å². The van der Waals surface area contributed by atoms with E-state index in [0.717, 1.165) is 0 Å². The second-order valence-electron chi connectivity index (χ2n) is 5.52. The fraction of sp³-hybridized carbons (Fsp3) is 0.250. The van der Waals surface area contributed by atoms with Gasteiger partial charge in [-0.25, -0.2) is 9.59 Å². The van der Waals surface area contributed by atoms with E-state index in [1.165, 1.54) is 11.1 Å². The molecule has 3 heterocycles. The zero-order chi connectivity index (χ0) is 16.8. The summed E-state index contributed by atoms with van der Waals surface area (Å²) in [5.74, 6) is -1.55. The minimum Gasteiger partial charge on any atom is -0.417 e. The molecule has 0 saturated carbocycles. The highest BCUT2D eigenvalue weighted by Crippen LogP contribution is 2.37. The quantitative estimate of drug-likeness (QED) is 0.456. The number of ether oxygens (including phenoxy) is 2. The highest BCUT2D eigenvalue weighted by Gasteiger charge is 2.49. The number of cyclic esters (lactones) is 1. The van der Waals surface area contributed by atoms with E-state index in [0.29, 0.717) is 11.1 Å². The number of nitriles is 1. The van der Waals surface area contributed by atoms with Crippen LogP contribution in [0.25, 0.3) is 0 Å². The first-order valence-electron chi connectivity index (χ1n) is 7.27. The van der Waals surface area contributed by atoms with Gasteiger partial charge in [-0.3, -0.25) is 9.69 Å². The maximum atomic E-state index is 12.4. The van der Waals surface area contributed by atoms with Crippen molar-refractivity contribution in [3.8, 4) is 6.07 Å². The molecule has 8 heteroatoms. The summed E-state index contributed by atoms with van der Waals surface area (Å²) in [6.45, 7) is 0.0620. The summed E-state index contributed by atoms with van der Waals surface area (Å²) >= 11 is 0. The Balaban J connectivity index is 1.55. The lowest BCUT2D eigenvalue weighted by molar-refractivity contribution is -0.168. The number of rotatable bonds is 3. The monoisotopic (exact) mass is 325 g/mol. The Morgan fingerprint density at radius 1 is 1.38 bits per heavy atom. The molecule has 0 radical (unpaired) electrons.